The first-order valence-electron chi connectivity index (χ1n) is 7.47. The summed E-state index contributed by atoms with van der Waals surface area (Å²) in [6.07, 6.45) is -1.10. The van der Waals surface area contributed by atoms with Crippen molar-refractivity contribution in [2.24, 2.45) is 0 Å². The topological polar surface area (TPSA) is 88.4 Å². The summed E-state index contributed by atoms with van der Waals surface area (Å²) in [6, 6.07) is 11.6. The van der Waals surface area contributed by atoms with Gasteiger partial charge in [0.15, 0.2) is 12.7 Å². The Morgan fingerprint density at radius 1 is 1.27 bits per heavy atom. The number of hydrogen-bond donors (Lipinski definition) is 1. The molecule has 1 N–H and O–H groups in total. The summed E-state index contributed by atoms with van der Waals surface area (Å²) in [5.41, 5.74) is 0.666. The van der Waals surface area contributed by atoms with Gasteiger partial charge in [-0.05, 0) is 49.4 Å². The van der Waals surface area contributed by atoms with Crippen LogP contribution < -0.4 is 10.1 Å². The Morgan fingerprint density at radius 3 is 2.58 bits per heavy atom. The molecule has 1 amide bonds. The van der Waals surface area contributed by atoms with Crippen molar-refractivity contribution < 1.29 is 23.5 Å². The smallest absolute Gasteiger partial charge is 0.344 e. The third-order valence-corrected chi connectivity index (χ3v) is 3.52. The maximum Gasteiger partial charge on any atom is 0.344 e. The zero-order chi connectivity index (χ0) is 19.1. The molecule has 8 heteroatoms. The molecule has 26 heavy (non-hydrogen) atoms. The van der Waals surface area contributed by atoms with Crippen molar-refractivity contribution in [1.29, 1.82) is 5.26 Å². The lowest BCUT2D eigenvalue weighted by atomic mass is 10.2. The van der Waals surface area contributed by atoms with E-state index in [-0.39, 0.29) is 10.7 Å². The average Bonchev–Trinajstić information content (AvgIpc) is 2.62. The Labute approximate surface area is 154 Å². The SMILES string of the molecule is C[C@H](OC(=O)COc1ccc(C#N)cc1)C(=O)Nc1ccc(F)cc1Cl. The van der Waals surface area contributed by atoms with Crippen LogP contribution in [-0.2, 0) is 14.3 Å². The van der Waals surface area contributed by atoms with Crippen LogP contribution in [0.4, 0.5) is 10.1 Å². The Kier molecular flexibility index (Phi) is 6.53. The van der Waals surface area contributed by atoms with Gasteiger partial charge in [-0.25, -0.2) is 9.18 Å². The van der Waals surface area contributed by atoms with Gasteiger partial charge in [-0.3, -0.25) is 4.79 Å². The van der Waals surface area contributed by atoms with E-state index >= 15 is 0 Å². The van der Waals surface area contributed by atoms with Crippen molar-refractivity contribution in [3.63, 3.8) is 0 Å². The number of halogens is 2. The van der Waals surface area contributed by atoms with Crippen LogP contribution in [0.1, 0.15) is 12.5 Å². The molecule has 0 heterocycles. The number of hydrogen-bond acceptors (Lipinski definition) is 5. The molecular formula is C18H14ClFN2O4. The maximum atomic E-state index is 13.0. The van der Waals surface area contributed by atoms with Crippen LogP contribution in [0.15, 0.2) is 42.5 Å². The molecule has 0 spiro atoms. The van der Waals surface area contributed by atoms with Gasteiger partial charge in [0.1, 0.15) is 11.6 Å². The molecule has 6 nitrogen and oxygen atoms in total. The fourth-order valence-electron chi connectivity index (χ4n) is 1.88. The molecule has 0 saturated heterocycles. The predicted octanol–water partition coefficient (Wildman–Crippen LogP) is 3.30. The predicted molar refractivity (Wildman–Crippen MR) is 92.2 cm³/mol. The van der Waals surface area contributed by atoms with Gasteiger partial charge in [0, 0.05) is 0 Å². The summed E-state index contributed by atoms with van der Waals surface area (Å²) in [6.45, 7) is 0.979. The number of benzene rings is 2. The van der Waals surface area contributed by atoms with Crippen molar-refractivity contribution in [3.05, 3.63) is 58.9 Å². The summed E-state index contributed by atoms with van der Waals surface area (Å²) in [7, 11) is 0. The molecule has 1 atom stereocenters. The molecule has 0 fully saturated rings. The fraction of sp³-hybridized carbons (Fsp3) is 0.167. The highest BCUT2D eigenvalue weighted by molar-refractivity contribution is 6.33. The molecule has 0 radical (unpaired) electrons. The molecule has 0 aliphatic rings. The Hall–Kier alpha value is -3.11. The lowest BCUT2D eigenvalue weighted by molar-refractivity contribution is -0.155. The lowest BCUT2D eigenvalue weighted by Crippen LogP contribution is -2.31. The number of amides is 1. The molecule has 0 aliphatic heterocycles. The summed E-state index contributed by atoms with van der Waals surface area (Å²) < 4.78 is 23.2. The lowest BCUT2D eigenvalue weighted by Gasteiger charge is -2.14. The Morgan fingerprint density at radius 2 is 1.96 bits per heavy atom. The number of nitrogens with one attached hydrogen (secondary N) is 1. The van der Waals surface area contributed by atoms with E-state index < -0.39 is 30.4 Å². The molecule has 2 aromatic rings. The molecule has 0 aliphatic carbocycles. The first-order valence-corrected chi connectivity index (χ1v) is 7.85. The summed E-state index contributed by atoms with van der Waals surface area (Å²) in [5, 5.41) is 11.2. The van der Waals surface area contributed by atoms with E-state index in [1.54, 1.807) is 24.3 Å². The minimum Gasteiger partial charge on any atom is -0.482 e. The second kappa shape index (κ2) is 8.83. The van der Waals surface area contributed by atoms with Gasteiger partial charge in [-0.2, -0.15) is 5.26 Å². The van der Waals surface area contributed by atoms with Gasteiger partial charge in [-0.15, -0.1) is 0 Å². The van der Waals surface area contributed by atoms with Crippen molar-refractivity contribution in [2.45, 2.75) is 13.0 Å². The number of nitrogens with zero attached hydrogens (tertiary/aromatic N) is 1. The number of ether oxygens (including phenoxy) is 2. The van der Waals surface area contributed by atoms with E-state index in [1.807, 2.05) is 6.07 Å². The highest BCUT2D eigenvalue weighted by Gasteiger charge is 2.19. The molecule has 0 aromatic heterocycles. The van der Waals surface area contributed by atoms with Crippen LogP contribution in [0.2, 0.25) is 5.02 Å². The molecule has 2 rings (SSSR count). The zero-order valence-corrected chi connectivity index (χ0v) is 14.4. The third kappa shape index (κ3) is 5.46. The first kappa shape index (κ1) is 19.2. The molecular weight excluding hydrogens is 363 g/mol. The van der Waals surface area contributed by atoms with Crippen LogP contribution in [0.5, 0.6) is 5.75 Å². The number of carbonyl (C=O) groups excluding carboxylic acids is 2. The zero-order valence-electron chi connectivity index (χ0n) is 13.7. The van der Waals surface area contributed by atoms with Gasteiger partial charge in [0.25, 0.3) is 5.91 Å². The maximum absolute atomic E-state index is 13.0. The number of nitriles is 1. The van der Waals surface area contributed by atoms with Crippen molar-refractivity contribution in [3.8, 4) is 11.8 Å². The molecule has 0 saturated carbocycles. The molecule has 0 unspecified atom stereocenters. The van der Waals surface area contributed by atoms with E-state index in [2.05, 4.69) is 5.32 Å². The molecule has 0 bridgehead atoms. The van der Waals surface area contributed by atoms with Gasteiger partial charge < -0.3 is 14.8 Å². The van der Waals surface area contributed by atoms with Crippen LogP contribution in [0.3, 0.4) is 0 Å². The second-order valence-electron chi connectivity index (χ2n) is 5.17. The monoisotopic (exact) mass is 376 g/mol. The summed E-state index contributed by atoms with van der Waals surface area (Å²) >= 11 is 5.82. The van der Waals surface area contributed by atoms with Crippen LogP contribution >= 0.6 is 11.6 Å². The van der Waals surface area contributed by atoms with Gasteiger partial charge in [-0.1, -0.05) is 11.6 Å². The highest BCUT2D eigenvalue weighted by Crippen LogP contribution is 2.22. The number of rotatable bonds is 6. The normalized spacial score (nSPS) is 11.2. The van der Waals surface area contributed by atoms with Gasteiger partial charge >= 0.3 is 5.97 Å². The first-order chi connectivity index (χ1) is 12.4. The number of anilines is 1. The Balaban J connectivity index is 1.83. The molecule has 2 aromatic carbocycles. The average molecular weight is 377 g/mol. The standard InChI is InChI=1S/C18H14ClFN2O4/c1-11(18(24)22-16-7-4-13(20)8-15(16)19)26-17(23)10-25-14-5-2-12(9-21)3-6-14/h2-8,11H,10H2,1H3,(H,22,24)/t11-/m0/s1. The Bertz CT molecular complexity index is 849. The largest absolute Gasteiger partial charge is 0.482 e. The highest BCUT2D eigenvalue weighted by atomic mass is 35.5. The fourth-order valence-corrected chi connectivity index (χ4v) is 2.09. The van der Waals surface area contributed by atoms with E-state index in [1.165, 1.54) is 13.0 Å². The number of esters is 1. The minimum atomic E-state index is -1.10. The molecule has 134 valence electrons. The number of carbonyl (C=O) groups is 2. The van der Waals surface area contributed by atoms with E-state index in [0.29, 0.717) is 11.3 Å². The van der Waals surface area contributed by atoms with Crippen LogP contribution in [0, 0.1) is 17.1 Å². The van der Waals surface area contributed by atoms with Crippen LogP contribution in [0.25, 0.3) is 0 Å². The minimum absolute atomic E-state index is 0.0287. The van der Waals surface area contributed by atoms with Crippen molar-refractivity contribution in [1.82, 2.24) is 0 Å². The van der Waals surface area contributed by atoms with Crippen LogP contribution in [-0.4, -0.2) is 24.6 Å². The van der Waals surface area contributed by atoms with E-state index in [4.69, 9.17) is 26.3 Å². The van der Waals surface area contributed by atoms with Crippen molar-refractivity contribution >= 4 is 29.2 Å². The second-order valence-corrected chi connectivity index (χ2v) is 5.58. The summed E-state index contributed by atoms with van der Waals surface area (Å²) in [5.74, 6) is -1.52. The quantitative estimate of drug-likeness (QED) is 0.781. The van der Waals surface area contributed by atoms with E-state index in [9.17, 15) is 14.0 Å². The third-order valence-electron chi connectivity index (χ3n) is 3.21. The van der Waals surface area contributed by atoms with Crippen molar-refractivity contribution in [2.75, 3.05) is 11.9 Å². The van der Waals surface area contributed by atoms with Gasteiger partial charge in [0.05, 0.1) is 22.3 Å². The van der Waals surface area contributed by atoms with E-state index in [0.717, 1.165) is 12.1 Å². The summed E-state index contributed by atoms with van der Waals surface area (Å²) in [4.78, 5) is 23.8. The van der Waals surface area contributed by atoms with Gasteiger partial charge in [0.2, 0.25) is 0 Å².